The number of amides is 1. The van der Waals surface area contributed by atoms with Crippen molar-refractivity contribution in [2.75, 3.05) is 7.11 Å². The van der Waals surface area contributed by atoms with Crippen LogP contribution in [0.1, 0.15) is 19.8 Å². The van der Waals surface area contributed by atoms with Gasteiger partial charge >= 0.3 is 0 Å². The van der Waals surface area contributed by atoms with E-state index in [4.69, 9.17) is 10.00 Å². The number of carbonyl (C=O) groups is 1. The molecule has 1 saturated carbocycles. The lowest BCUT2D eigenvalue weighted by Gasteiger charge is -2.08. The van der Waals surface area contributed by atoms with Gasteiger partial charge < -0.3 is 10.1 Å². The van der Waals surface area contributed by atoms with Gasteiger partial charge in [-0.1, -0.05) is 0 Å². The predicted octanol–water partition coefficient (Wildman–Crippen LogP) is 0.194. The number of carbonyl (C=O) groups excluding carboxylic acids is 1. The molecule has 0 aromatic rings. The Morgan fingerprint density at radius 3 is 3.00 bits per heavy atom. The van der Waals surface area contributed by atoms with Crippen LogP contribution in [0.15, 0.2) is 0 Å². The topological polar surface area (TPSA) is 62.1 Å². The first-order chi connectivity index (χ1) is 5.62. The molecule has 1 rings (SSSR count). The lowest BCUT2D eigenvalue weighted by molar-refractivity contribution is -0.120. The molecule has 0 aromatic heterocycles. The van der Waals surface area contributed by atoms with Gasteiger partial charge in [-0.25, -0.2) is 0 Å². The molecule has 0 radical (unpaired) electrons. The summed E-state index contributed by atoms with van der Waals surface area (Å²) in [6.07, 6.45) is 0.761. The van der Waals surface area contributed by atoms with E-state index in [0.29, 0.717) is 0 Å². The molecule has 0 aliphatic heterocycles. The molecule has 4 heteroatoms. The Bertz CT molecular complexity index is 234. The summed E-state index contributed by atoms with van der Waals surface area (Å²) in [5.74, 6) is -0.219. The van der Waals surface area contributed by atoms with Crippen LogP contribution in [-0.2, 0) is 9.53 Å². The van der Waals surface area contributed by atoms with Crippen molar-refractivity contribution in [2.45, 2.75) is 31.4 Å². The zero-order valence-electron chi connectivity index (χ0n) is 7.26. The van der Waals surface area contributed by atoms with Crippen molar-refractivity contribution >= 4 is 5.91 Å². The fraction of sp³-hybridized carbons (Fsp3) is 0.750. The van der Waals surface area contributed by atoms with Crippen molar-refractivity contribution in [3.05, 3.63) is 0 Å². The quantitative estimate of drug-likeness (QED) is 0.654. The summed E-state index contributed by atoms with van der Waals surface area (Å²) < 4.78 is 5.14. The molecular formula is C8H12N2O2. The number of methoxy groups -OCH3 is 1. The van der Waals surface area contributed by atoms with Crippen molar-refractivity contribution in [3.63, 3.8) is 0 Å². The number of nitrogens with zero attached hydrogens (tertiary/aromatic N) is 1. The van der Waals surface area contributed by atoms with Gasteiger partial charge in [-0.15, -0.1) is 0 Å². The molecule has 0 saturated heterocycles. The molecular weight excluding hydrogens is 156 g/mol. The minimum absolute atomic E-state index is 0.0731. The third-order valence-electron chi connectivity index (χ3n) is 2.23. The highest BCUT2D eigenvalue weighted by molar-refractivity contribution is 5.78. The molecule has 0 bridgehead atoms. The van der Waals surface area contributed by atoms with E-state index in [9.17, 15) is 4.79 Å². The molecule has 2 unspecified atom stereocenters. The molecule has 2 atom stereocenters. The summed E-state index contributed by atoms with van der Waals surface area (Å²) in [7, 11) is 1.62. The highest BCUT2D eigenvalue weighted by Crippen LogP contribution is 2.38. The summed E-state index contributed by atoms with van der Waals surface area (Å²) in [6, 6.07) is 1.88. The normalized spacial score (nSPS) is 32.2. The number of rotatable bonds is 3. The summed E-state index contributed by atoms with van der Waals surface area (Å²) in [5, 5.41) is 10.9. The molecule has 4 nitrogen and oxygen atoms in total. The third-order valence-corrected chi connectivity index (χ3v) is 2.23. The molecule has 1 fully saturated rings. The summed E-state index contributed by atoms with van der Waals surface area (Å²) in [6.45, 7) is 1.93. The molecule has 0 aromatic carbocycles. The van der Waals surface area contributed by atoms with E-state index < -0.39 is 0 Å². The maximum Gasteiger partial charge on any atom is 0.234 e. The van der Waals surface area contributed by atoms with E-state index in [1.165, 1.54) is 0 Å². The van der Waals surface area contributed by atoms with Crippen LogP contribution in [0.4, 0.5) is 0 Å². The maximum absolute atomic E-state index is 10.9. The minimum atomic E-state index is -0.219. The summed E-state index contributed by atoms with van der Waals surface area (Å²) >= 11 is 0. The fourth-order valence-corrected chi connectivity index (χ4v) is 1.09. The van der Waals surface area contributed by atoms with Gasteiger partial charge in [-0.2, -0.15) is 5.26 Å². The fourth-order valence-electron chi connectivity index (χ4n) is 1.09. The average Bonchev–Trinajstić information content (AvgIpc) is 2.63. The van der Waals surface area contributed by atoms with Crippen molar-refractivity contribution in [1.82, 2.24) is 5.32 Å². The summed E-state index contributed by atoms with van der Waals surface area (Å²) in [4.78, 5) is 10.9. The third kappa shape index (κ3) is 1.74. The molecule has 0 spiro atoms. The minimum Gasteiger partial charge on any atom is -0.376 e. The van der Waals surface area contributed by atoms with Gasteiger partial charge in [0.25, 0.3) is 0 Å². The van der Waals surface area contributed by atoms with Gasteiger partial charge in [0.2, 0.25) is 5.91 Å². The Balaban J connectivity index is 2.28. The van der Waals surface area contributed by atoms with Crippen molar-refractivity contribution in [1.29, 1.82) is 5.26 Å². The second-order valence-corrected chi connectivity index (χ2v) is 3.18. The van der Waals surface area contributed by atoms with E-state index in [0.717, 1.165) is 6.42 Å². The maximum atomic E-state index is 10.9. The van der Waals surface area contributed by atoms with E-state index in [2.05, 4.69) is 5.32 Å². The van der Waals surface area contributed by atoms with Gasteiger partial charge in [-0.3, -0.25) is 4.79 Å². The van der Waals surface area contributed by atoms with Crippen LogP contribution in [0.5, 0.6) is 0 Å². The Labute approximate surface area is 71.5 Å². The van der Waals surface area contributed by atoms with Crippen LogP contribution >= 0.6 is 0 Å². The Hall–Kier alpha value is -1.08. The number of hydrogen-bond donors (Lipinski definition) is 1. The smallest absolute Gasteiger partial charge is 0.234 e. The second kappa shape index (κ2) is 3.11. The molecule has 1 aliphatic carbocycles. The standard InChI is InChI=1S/C8H12N2O2/c1-8(12-2)5-6(8)10-7(11)3-4-9/h6H,3,5H2,1-2H3,(H,10,11). The van der Waals surface area contributed by atoms with E-state index in [1.54, 1.807) is 13.2 Å². The first kappa shape index (κ1) is 9.01. The van der Waals surface area contributed by atoms with Crippen molar-refractivity contribution in [2.24, 2.45) is 0 Å². The monoisotopic (exact) mass is 168 g/mol. The summed E-state index contributed by atoms with van der Waals surface area (Å²) in [5.41, 5.74) is -0.203. The lowest BCUT2D eigenvalue weighted by atomic mass is 10.3. The van der Waals surface area contributed by atoms with Gasteiger partial charge in [-0.05, 0) is 6.92 Å². The van der Waals surface area contributed by atoms with Crippen molar-refractivity contribution in [3.8, 4) is 6.07 Å². The van der Waals surface area contributed by atoms with Crippen LogP contribution in [-0.4, -0.2) is 24.7 Å². The van der Waals surface area contributed by atoms with E-state index >= 15 is 0 Å². The molecule has 0 heterocycles. The van der Waals surface area contributed by atoms with Crippen molar-refractivity contribution < 1.29 is 9.53 Å². The van der Waals surface area contributed by atoms with Crippen LogP contribution in [0.3, 0.4) is 0 Å². The lowest BCUT2D eigenvalue weighted by Crippen LogP contribution is -2.31. The van der Waals surface area contributed by atoms with Gasteiger partial charge in [0.1, 0.15) is 6.42 Å². The van der Waals surface area contributed by atoms with Gasteiger partial charge in [0.05, 0.1) is 17.7 Å². The largest absolute Gasteiger partial charge is 0.376 e. The van der Waals surface area contributed by atoms with Crippen LogP contribution < -0.4 is 5.32 Å². The zero-order chi connectivity index (χ0) is 9.19. The highest BCUT2D eigenvalue weighted by atomic mass is 16.5. The highest BCUT2D eigenvalue weighted by Gasteiger charge is 2.51. The molecule has 12 heavy (non-hydrogen) atoms. The average molecular weight is 168 g/mol. The zero-order valence-corrected chi connectivity index (χ0v) is 7.26. The number of nitriles is 1. The van der Waals surface area contributed by atoms with Gasteiger partial charge in [0, 0.05) is 13.5 Å². The Morgan fingerprint density at radius 2 is 2.58 bits per heavy atom. The van der Waals surface area contributed by atoms with E-state index in [-0.39, 0.29) is 24.0 Å². The van der Waals surface area contributed by atoms with Crippen LogP contribution in [0, 0.1) is 11.3 Å². The first-order valence-corrected chi connectivity index (χ1v) is 3.84. The number of nitrogens with one attached hydrogen (secondary N) is 1. The molecule has 1 N–H and O–H groups in total. The number of ether oxygens (including phenoxy) is 1. The molecule has 1 amide bonds. The van der Waals surface area contributed by atoms with Gasteiger partial charge in [0.15, 0.2) is 0 Å². The molecule has 66 valence electrons. The SMILES string of the molecule is COC1(C)CC1NC(=O)CC#N. The van der Waals surface area contributed by atoms with Crippen LogP contribution in [0.2, 0.25) is 0 Å². The Kier molecular flexibility index (Phi) is 2.34. The number of hydrogen-bond acceptors (Lipinski definition) is 3. The second-order valence-electron chi connectivity index (χ2n) is 3.18. The molecule has 1 aliphatic rings. The van der Waals surface area contributed by atoms with E-state index in [1.807, 2.05) is 6.92 Å². The predicted molar refractivity (Wildman–Crippen MR) is 42.2 cm³/mol. The Morgan fingerprint density at radius 1 is 1.92 bits per heavy atom. The first-order valence-electron chi connectivity index (χ1n) is 3.84. The van der Waals surface area contributed by atoms with Crippen LogP contribution in [0.25, 0.3) is 0 Å².